The van der Waals surface area contributed by atoms with Gasteiger partial charge in [0.05, 0.1) is 4.47 Å². The highest BCUT2D eigenvalue weighted by atomic mass is 79.9. The minimum atomic E-state index is -0.302. The zero-order valence-corrected chi connectivity index (χ0v) is 14.6. The lowest BCUT2D eigenvalue weighted by atomic mass is 9.98. The Morgan fingerprint density at radius 2 is 1.90 bits per heavy atom. The molecule has 0 heterocycles. The van der Waals surface area contributed by atoms with Gasteiger partial charge < -0.3 is 5.32 Å². The molecule has 0 radical (unpaired) electrons. The maximum Gasteiger partial charge on any atom is 0.142 e. The van der Waals surface area contributed by atoms with Crippen LogP contribution >= 0.6 is 31.9 Å². The lowest BCUT2D eigenvalue weighted by Gasteiger charge is -2.20. The predicted molar refractivity (Wildman–Crippen MR) is 88.3 cm³/mol. The average Bonchev–Trinajstić information content (AvgIpc) is 2.40. The molecule has 1 N–H and O–H groups in total. The number of benzene rings is 2. The fourth-order valence-corrected chi connectivity index (χ4v) is 3.19. The van der Waals surface area contributed by atoms with Crippen molar-refractivity contribution < 1.29 is 8.78 Å². The van der Waals surface area contributed by atoms with Crippen LogP contribution in [0.25, 0.3) is 0 Å². The first-order valence-corrected chi connectivity index (χ1v) is 8.22. The summed E-state index contributed by atoms with van der Waals surface area (Å²) in [5.74, 6) is -0.580. The van der Waals surface area contributed by atoms with Crippen LogP contribution in [0.3, 0.4) is 0 Å². The minimum Gasteiger partial charge on any atom is -0.310 e. The molecule has 2 rings (SSSR count). The summed E-state index contributed by atoms with van der Waals surface area (Å²) >= 11 is 6.49. The highest BCUT2D eigenvalue weighted by Gasteiger charge is 2.17. The summed E-state index contributed by atoms with van der Waals surface area (Å²) in [5.41, 5.74) is 1.39. The van der Waals surface area contributed by atoms with Crippen molar-refractivity contribution in [1.82, 2.24) is 5.32 Å². The van der Waals surface area contributed by atoms with Crippen molar-refractivity contribution in [2.45, 2.75) is 19.4 Å². The van der Waals surface area contributed by atoms with Crippen LogP contribution in [0.2, 0.25) is 0 Å². The van der Waals surface area contributed by atoms with Crippen molar-refractivity contribution in [2.75, 3.05) is 6.54 Å². The summed E-state index contributed by atoms with van der Waals surface area (Å²) < 4.78 is 28.9. The predicted octanol–water partition coefficient (Wildman–Crippen LogP) is 5.38. The first-order valence-electron chi connectivity index (χ1n) is 6.63. The minimum absolute atomic E-state index is 0.207. The number of likely N-dealkylation sites (N-methyl/N-ethyl adjacent to an activating group) is 1. The Hall–Kier alpha value is -0.780. The second-order valence-electron chi connectivity index (χ2n) is 4.74. The Morgan fingerprint density at radius 3 is 2.57 bits per heavy atom. The summed E-state index contributed by atoms with van der Waals surface area (Å²) in [4.78, 5) is 0. The SMILES string of the molecule is CCNC(Cc1cc(F)cc(Br)c1)c1cccc(Br)c1F. The van der Waals surface area contributed by atoms with Gasteiger partial charge in [-0.05, 0) is 58.7 Å². The van der Waals surface area contributed by atoms with Crippen molar-refractivity contribution in [2.24, 2.45) is 0 Å². The third kappa shape index (κ3) is 4.34. The quantitative estimate of drug-likeness (QED) is 0.686. The van der Waals surface area contributed by atoms with Gasteiger partial charge in [0.25, 0.3) is 0 Å². The maximum absolute atomic E-state index is 14.3. The van der Waals surface area contributed by atoms with Crippen LogP contribution < -0.4 is 5.32 Å². The van der Waals surface area contributed by atoms with E-state index in [2.05, 4.69) is 37.2 Å². The summed E-state index contributed by atoms with van der Waals surface area (Å²) in [7, 11) is 0. The third-order valence-corrected chi connectivity index (χ3v) is 4.24. The number of halogens is 4. The molecule has 1 nitrogen and oxygen atoms in total. The number of hydrogen-bond donors (Lipinski definition) is 1. The number of hydrogen-bond acceptors (Lipinski definition) is 1. The van der Waals surface area contributed by atoms with Crippen molar-refractivity contribution in [1.29, 1.82) is 0 Å². The van der Waals surface area contributed by atoms with Crippen LogP contribution in [-0.2, 0) is 6.42 Å². The Morgan fingerprint density at radius 1 is 1.14 bits per heavy atom. The molecule has 1 unspecified atom stereocenters. The summed E-state index contributed by atoms with van der Waals surface area (Å²) in [6, 6.07) is 9.75. The Bertz CT molecular complexity index is 611. The lowest BCUT2D eigenvalue weighted by molar-refractivity contribution is 0.506. The van der Waals surface area contributed by atoms with Crippen LogP contribution in [0.5, 0.6) is 0 Å². The molecule has 2 aromatic carbocycles. The second-order valence-corrected chi connectivity index (χ2v) is 6.51. The molecule has 112 valence electrons. The van der Waals surface area contributed by atoms with Crippen LogP contribution in [0.15, 0.2) is 45.3 Å². The number of rotatable bonds is 5. The molecular formula is C16H15Br2F2N. The van der Waals surface area contributed by atoms with E-state index < -0.39 is 0 Å². The molecule has 0 fully saturated rings. The monoisotopic (exact) mass is 417 g/mol. The Balaban J connectivity index is 2.32. The van der Waals surface area contributed by atoms with Crippen molar-refractivity contribution in [3.63, 3.8) is 0 Å². The molecule has 0 spiro atoms. The van der Waals surface area contributed by atoms with Crippen LogP contribution in [-0.4, -0.2) is 6.54 Å². The molecule has 0 bridgehead atoms. The van der Waals surface area contributed by atoms with Gasteiger partial charge in [-0.25, -0.2) is 8.78 Å². The van der Waals surface area contributed by atoms with E-state index in [1.165, 1.54) is 12.1 Å². The Kier molecular flexibility index (Phi) is 5.90. The van der Waals surface area contributed by atoms with Gasteiger partial charge in [0.2, 0.25) is 0 Å². The van der Waals surface area contributed by atoms with Crippen molar-refractivity contribution >= 4 is 31.9 Å². The standard InChI is InChI=1S/C16H15Br2F2N/c1-2-21-15(13-4-3-5-14(18)16(13)20)8-10-6-11(17)9-12(19)7-10/h3-7,9,15,21H,2,8H2,1H3. The Labute approximate surface area is 140 Å². The van der Waals surface area contributed by atoms with Gasteiger partial charge in [-0.2, -0.15) is 0 Å². The van der Waals surface area contributed by atoms with Crippen LogP contribution in [0.1, 0.15) is 24.1 Å². The second kappa shape index (κ2) is 7.47. The van der Waals surface area contributed by atoms with E-state index in [-0.39, 0.29) is 17.7 Å². The van der Waals surface area contributed by atoms with Crippen molar-refractivity contribution in [3.05, 3.63) is 68.1 Å². The van der Waals surface area contributed by atoms with Gasteiger partial charge in [0.15, 0.2) is 0 Å². The van der Waals surface area contributed by atoms with Crippen LogP contribution in [0.4, 0.5) is 8.78 Å². The van der Waals surface area contributed by atoms with E-state index in [1.54, 1.807) is 18.2 Å². The van der Waals surface area contributed by atoms with Gasteiger partial charge in [0, 0.05) is 16.1 Å². The summed E-state index contributed by atoms with van der Waals surface area (Å²) in [6.07, 6.45) is 0.511. The molecule has 21 heavy (non-hydrogen) atoms. The molecule has 0 saturated heterocycles. The smallest absolute Gasteiger partial charge is 0.142 e. The fraction of sp³-hybridized carbons (Fsp3) is 0.250. The fourth-order valence-electron chi connectivity index (χ4n) is 2.29. The van der Waals surface area contributed by atoms with Crippen LogP contribution in [0, 0.1) is 11.6 Å². The summed E-state index contributed by atoms with van der Waals surface area (Å²) in [6.45, 7) is 2.66. The highest BCUT2D eigenvalue weighted by molar-refractivity contribution is 9.10. The first-order chi connectivity index (χ1) is 10.0. The van der Waals surface area contributed by atoms with E-state index >= 15 is 0 Å². The van der Waals surface area contributed by atoms with Crippen molar-refractivity contribution in [3.8, 4) is 0 Å². The number of nitrogens with one attached hydrogen (secondary N) is 1. The highest BCUT2D eigenvalue weighted by Crippen LogP contribution is 2.27. The maximum atomic E-state index is 14.3. The first kappa shape index (κ1) is 16.6. The van der Waals surface area contributed by atoms with E-state index in [0.29, 0.717) is 27.5 Å². The molecule has 0 amide bonds. The molecule has 0 aromatic heterocycles. The molecule has 0 aliphatic rings. The third-order valence-electron chi connectivity index (χ3n) is 3.17. The van der Waals surface area contributed by atoms with Gasteiger partial charge in [0.1, 0.15) is 11.6 Å². The molecular weight excluding hydrogens is 404 g/mol. The normalized spacial score (nSPS) is 12.4. The average molecular weight is 419 g/mol. The van der Waals surface area contributed by atoms with Gasteiger partial charge in [-0.15, -0.1) is 0 Å². The molecule has 1 atom stereocenters. The van der Waals surface area contributed by atoms with Gasteiger partial charge in [-0.1, -0.05) is 35.0 Å². The van der Waals surface area contributed by atoms with Gasteiger partial charge >= 0.3 is 0 Å². The molecule has 0 aliphatic carbocycles. The summed E-state index contributed by atoms with van der Waals surface area (Å²) in [5, 5.41) is 3.26. The van der Waals surface area contributed by atoms with E-state index in [1.807, 2.05) is 13.0 Å². The zero-order chi connectivity index (χ0) is 15.4. The van der Waals surface area contributed by atoms with Gasteiger partial charge in [-0.3, -0.25) is 0 Å². The van der Waals surface area contributed by atoms with E-state index in [0.717, 1.165) is 5.56 Å². The molecule has 5 heteroatoms. The zero-order valence-electron chi connectivity index (χ0n) is 11.5. The van der Waals surface area contributed by atoms with E-state index in [9.17, 15) is 8.78 Å². The molecule has 0 aliphatic heterocycles. The van der Waals surface area contributed by atoms with E-state index in [4.69, 9.17) is 0 Å². The topological polar surface area (TPSA) is 12.0 Å². The molecule has 0 saturated carbocycles. The molecule has 2 aromatic rings. The lowest BCUT2D eigenvalue weighted by Crippen LogP contribution is -2.24. The largest absolute Gasteiger partial charge is 0.310 e.